The Bertz CT molecular complexity index is 374. The Hall–Kier alpha value is -0.830. The number of nitrogens with zero attached hydrogens (tertiary/aromatic N) is 2. The van der Waals surface area contributed by atoms with E-state index in [4.69, 9.17) is 4.42 Å². The van der Waals surface area contributed by atoms with Crippen LogP contribution in [0.25, 0.3) is 0 Å². The van der Waals surface area contributed by atoms with E-state index in [1.807, 2.05) is 6.20 Å². The predicted octanol–water partition coefficient (Wildman–Crippen LogP) is 3.00. The molecule has 1 aromatic heterocycles. The van der Waals surface area contributed by atoms with E-state index in [0.717, 1.165) is 36.6 Å². The molecule has 1 saturated heterocycles. The van der Waals surface area contributed by atoms with Crippen molar-refractivity contribution in [2.75, 3.05) is 6.54 Å². The Kier molecular flexibility index (Phi) is 3.19. The maximum Gasteiger partial charge on any atom is 0.208 e. The minimum atomic E-state index is 0.806. The SMILES string of the molecule is CCc1cnc(CN2CCCC3CCCC32)o1. The van der Waals surface area contributed by atoms with Crippen molar-refractivity contribution in [2.24, 2.45) is 5.92 Å². The van der Waals surface area contributed by atoms with E-state index in [-0.39, 0.29) is 0 Å². The zero-order chi connectivity index (χ0) is 11.7. The highest BCUT2D eigenvalue weighted by atomic mass is 16.4. The second-order valence-electron chi connectivity index (χ2n) is 5.44. The summed E-state index contributed by atoms with van der Waals surface area (Å²) >= 11 is 0. The molecule has 2 heterocycles. The molecule has 0 N–H and O–H groups in total. The van der Waals surface area contributed by atoms with Crippen molar-refractivity contribution in [3.63, 3.8) is 0 Å². The second kappa shape index (κ2) is 4.81. The molecule has 0 amide bonds. The molecule has 1 aliphatic carbocycles. The maximum atomic E-state index is 5.73. The summed E-state index contributed by atoms with van der Waals surface area (Å²) in [5.41, 5.74) is 0. The summed E-state index contributed by atoms with van der Waals surface area (Å²) < 4.78 is 5.73. The van der Waals surface area contributed by atoms with Crippen molar-refractivity contribution in [2.45, 2.75) is 58.0 Å². The number of rotatable bonds is 3. The normalized spacial score (nSPS) is 29.5. The molecule has 0 radical (unpaired) electrons. The van der Waals surface area contributed by atoms with Crippen molar-refractivity contribution >= 4 is 0 Å². The van der Waals surface area contributed by atoms with Crippen LogP contribution in [-0.2, 0) is 13.0 Å². The van der Waals surface area contributed by atoms with Crippen LogP contribution < -0.4 is 0 Å². The largest absolute Gasteiger partial charge is 0.444 e. The van der Waals surface area contributed by atoms with Gasteiger partial charge in [-0.1, -0.05) is 13.3 Å². The van der Waals surface area contributed by atoms with Gasteiger partial charge in [0.15, 0.2) is 0 Å². The summed E-state index contributed by atoms with van der Waals surface area (Å²) in [7, 11) is 0. The van der Waals surface area contributed by atoms with Crippen LogP contribution in [0.2, 0.25) is 0 Å². The second-order valence-corrected chi connectivity index (χ2v) is 5.44. The van der Waals surface area contributed by atoms with E-state index in [9.17, 15) is 0 Å². The van der Waals surface area contributed by atoms with Crippen molar-refractivity contribution in [3.05, 3.63) is 17.8 Å². The number of hydrogen-bond acceptors (Lipinski definition) is 3. The van der Waals surface area contributed by atoms with Crippen LogP contribution >= 0.6 is 0 Å². The van der Waals surface area contributed by atoms with Gasteiger partial charge in [-0.05, 0) is 38.1 Å². The summed E-state index contributed by atoms with van der Waals surface area (Å²) in [4.78, 5) is 6.99. The molecule has 3 nitrogen and oxygen atoms in total. The maximum absolute atomic E-state index is 5.73. The summed E-state index contributed by atoms with van der Waals surface area (Å²) in [6, 6.07) is 0.806. The molecule has 0 aromatic carbocycles. The van der Waals surface area contributed by atoms with Gasteiger partial charge in [0, 0.05) is 12.5 Å². The van der Waals surface area contributed by atoms with E-state index in [0.29, 0.717) is 0 Å². The molecule has 2 atom stereocenters. The number of aryl methyl sites for hydroxylation is 1. The van der Waals surface area contributed by atoms with Gasteiger partial charge in [-0.2, -0.15) is 0 Å². The lowest BCUT2D eigenvalue weighted by atomic mass is 9.92. The van der Waals surface area contributed by atoms with Gasteiger partial charge in [0.05, 0.1) is 12.7 Å². The number of hydrogen-bond donors (Lipinski definition) is 0. The zero-order valence-electron chi connectivity index (χ0n) is 10.7. The smallest absolute Gasteiger partial charge is 0.208 e. The molecule has 2 fully saturated rings. The van der Waals surface area contributed by atoms with Gasteiger partial charge in [-0.15, -0.1) is 0 Å². The number of likely N-dealkylation sites (tertiary alicyclic amines) is 1. The molecule has 0 bridgehead atoms. The van der Waals surface area contributed by atoms with Crippen molar-refractivity contribution in [3.8, 4) is 0 Å². The van der Waals surface area contributed by atoms with Crippen LogP contribution in [0.5, 0.6) is 0 Å². The highest BCUT2D eigenvalue weighted by Crippen LogP contribution is 2.37. The first-order valence-electron chi connectivity index (χ1n) is 7.04. The van der Waals surface area contributed by atoms with Crippen molar-refractivity contribution < 1.29 is 4.42 Å². The summed E-state index contributed by atoms with van der Waals surface area (Å²) in [5, 5.41) is 0. The van der Waals surface area contributed by atoms with Gasteiger partial charge >= 0.3 is 0 Å². The van der Waals surface area contributed by atoms with E-state index in [1.165, 1.54) is 38.6 Å². The number of fused-ring (bicyclic) bond motifs is 1. The fourth-order valence-corrected chi connectivity index (χ4v) is 3.51. The Labute approximate surface area is 103 Å². The minimum absolute atomic E-state index is 0.806. The third-order valence-corrected chi connectivity index (χ3v) is 4.40. The molecule has 2 unspecified atom stereocenters. The first kappa shape index (κ1) is 11.3. The molecule has 1 saturated carbocycles. The quantitative estimate of drug-likeness (QED) is 0.805. The fraction of sp³-hybridized carbons (Fsp3) is 0.786. The first-order valence-corrected chi connectivity index (χ1v) is 7.04. The van der Waals surface area contributed by atoms with Crippen molar-refractivity contribution in [1.82, 2.24) is 9.88 Å². The summed E-state index contributed by atoms with van der Waals surface area (Å²) in [6.45, 7) is 4.25. The third kappa shape index (κ3) is 2.25. The molecule has 0 spiro atoms. The molecule has 1 aromatic rings. The van der Waals surface area contributed by atoms with Crippen LogP contribution in [0.3, 0.4) is 0 Å². The molecule has 3 rings (SSSR count). The minimum Gasteiger partial charge on any atom is -0.444 e. The zero-order valence-corrected chi connectivity index (χ0v) is 10.7. The molecule has 1 aliphatic heterocycles. The summed E-state index contributed by atoms with van der Waals surface area (Å²) in [5.74, 6) is 2.87. The lowest BCUT2D eigenvalue weighted by Crippen LogP contribution is -2.41. The summed E-state index contributed by atoms with van der Waals surface area (Å²) in [6.07, 6.45) is 9.84. The van der Waals surface area contributed by atoms with Crippen LogP contribution in [0.4, 0.5) is 0 Å². The van der Waals surface area contributed by atoms with E-state index < -0.39 is 0 Å². The van der Waals surface area contributed by atoms with Gasteiger partial charge in [0.2, 0.25) is 5.89 Å². The van der Waals surface area contributed by atoms with E-state index in [2.05, 4.69) is 16.8 Å². The molecular formula is C14H22N2O. The average Bonchev–Trinajstić information content (AvgIpc) is 2.97. The Morgan fingerprint density at radius 3 is 3.06 bits per heavy atom. The highest BCUT2D eigenvalue weighted by Gasteiger charge is 2.35. The van der Waals surface area contributed by atoms with Crippen LogP contribution in [0, 0.1) is 5.92 Å². The fourth-order valence-electron chi connectivity index (χ4n) is 3.51. The number of aromatic nitrogens is 1. The molecule has 94 valence electrons. The van der Waals surface area contributed by atoms with Crippen molar-refractivity contribution in [1.29, 1.82) is 0 Å². The van der Waals surface area contributed by atoms with E-state index in [1.54, 1.807) is 0 Å². The lowest BCUT2D eigenvalue weighted by Gasteiger charge is -2.36. The molecular weight excluding hydrogens is 212 g/mol. The van der Waals surface area contributed by atoms with Gasteiger partial charge in [0.1, 0.15) is 5.76 Å². The van der Waals surface area contributed by atoms with E-state index >= 15 is 0 Å². The monoisotopic (exact) mass is 234 g/mol. The predicted molar refractivity (Wildman–Crippen MR) is 66.7 cm³/mol. The first-order chi connectivity index (χ1) is 8.36. The van der Waals surface area contributed by atoms with Crippen LogP contribution in [0.1, 0.15) is 50.7 Å². The Balaban J connectivity index is 1.67. The molecule has 17 heavy (non-hydrogen) atoms. The van der Waals surface area contributed by atoms with Crippen LogP contribution in [0.15, 0.2) is 10.6 Å². The Morgan fingerprint density at radius 1 is 1.35 bits per heavy atom. The van der Waals surface area contributed by atoms with Gasteiger partial charge in [0.25, 0.3) is 0 Å². The highest BCUT2D eigenvalue weighted by molar-refractivity contribution is 4.96. The topological polar surface area (TPSA) is 29.3 Å². The Morgan fingerprint density at radius 2 is 2.24 bits per heavy atom. The lowest BCUT2D eigenvalue weighted by molar-refractivity contribution is 0.0955. The average molecular weight is 234 g/mol. The standard InChI is InChI=1S/C14H22N2O/c1-2-12-9-15-14(17-12)10-16-8-4-6-11-5-3-7-13(11)16/h9,11,13H,2-8,10H2,1H3. The van der Waals surface area contributed by atoms with Gasteiger partial charge < -0.3 is 4.42 Å². The number of piperidine rings is 1. The third-order valence-electron chi connectivity index (χ3n) is 4.40. The van der Waals surface area contributed by atoms with Gasteiger partial charge in [-0.3, -0.25) is 4.90 Å². The number of oxazole rings is 1. The van der Waals surface area contributed by atoms with Gasteiger partial charge in [-0.25, -0.2) is 4.98 Å². The van der Waals surface area contributed by atoms with Crippen LogP contribution in [-0.4, -0.2) is 22.5 Å². The molecule has 3 heteroatoms. The molecule has 2 aliphatic rings.